The van der Waals surface area contributed by atoms with Gasteiger partial charge in [-0.25, -0.2) is 8.57 Å². The molecule has 0 aromatic rings. The van der Waals surface area contributed by atoms with Crippen LogP contribution < -0.4 is 0 Å². The van der Waals surface area contributed by atoms with Crippen LogP contribution in [0.25, 0.3) is 0 Å². The van der Waals surface area contributed by atoms with Crippen LogP contribution in [0.4, 0.5) is 70.2 Å². The minimum atomic E-state index is -8.53. The predicted octanol–water partition coefficient (Wildman–Crippen LogP) is 5.11. The molecule has 0 aromatic heterocycles. The maximum Gasteiger partial charge on any atom is 0.460 e. The van der Waals surface area contributed by atoms with Gasteiger partial charge in [-0.2, -0.15) is 74.3 Å². The molecule has 0 heterocycles. The Kier molecular flexibility index (Phi) is 9.22. The summed E-state index contributed by atoms with van der Waals surface area (Å²) < 4.78 is 242. The summed E-state index contributed by atoms with van der Waals surface area (Å²) in [4.78, 5) is 0. The zero-order valence-electron chi connectivity index (χ0n) is 17.3. The van der Waals surface area contributed by atoms with Crippen LogP contribution in [0.3, 0.4) is 0 Å². The van der Waals surface area contributed by atoms with Crippen molar-refractivity contribution in [1.82, 2.24) is 0 Å². The van der Waals surface area contributed by atoms with Crippen molar-refractivity contribution in [3.05, 3.63) is 11.9 Å². The number of likely N-dealkylation sites (N-methyl/N-ethyl adjacent to an activating group) is 1. The SMILES string of the molecule is C[N+](C)(CC=C(F)C(F)(F)C(F)(F)C(F)(F)C(F)(F)C(F)(F)C(F)(F)C(F)(F)F)CCOS(=O)(=O)O. The van der Waals surface area contributed by atoms with E-state index in [9.17, 15) is 78.7 Å². The molecule has 0 bridgehead atoms. The number of nitrogens with zero attached hydrogens (tertiary/aromatic N) is 1. The lowest BCUT2D eigenvalue weighted by atomic mass is 9.90. The average Bonchev–Trinajstić information content (AvgIpc) is 2.63. The lowest BCUT2D eigenvalue weighted by Gasteiger charge is -2.41. The van der Waals surface area contributed by atoms with E-state index in [0.29, 0.717) is 0 Å². The Morgan fingerprint density at radius 1 is 0.750 bits per heavy atom. The second-order valence-corrected chi connectivity index (χ2v) is 8.68. The largest absolute Gasteiger partial charge is 0.460 e. The van der Waals surface area contributed by atoms with E-state index in [4.69, 9.17) is 4.55 Å². The molecule has 1 N–H and O–H groups in total. The van der Waals surface area contributed by atoms with Crippen LogP contribution in [0.15, 0.2) is 11.9 Å². The molecule has 36 heavy (non-hydrogen) atoms. The summed E-state index contributed by atoms with van der Waals surface area (Å²) in [6.45, 7) is -2.95. The van der Waals surface area contributed by atoms with Gasteiger partial charge in [0.25, 0.3) is 0 Å². The van der Waals surface area contributed by atoms with Gasteiger partial charge < -0.3 is 4.48 Å². The molecule has 0 aromatic carbocycles. The highest BCUT2D eigenvalue weighted by atomic mass is 32.3. The molecule has 0 radical (unpaired) electrons. The standard InChI is InChI=1S/C14H13F16NO4S/c1-31(2,5-6-35-36(32,33)34)4-3-7(15)8(16,17)9(18,19)10(20,21)11(22,23)12(24,25)13(26,27)14(28,29)30/h3H,4-6H2,1-2H3/p+1. The van der Waals surface area contributed by atoms with Crippen LogP contribution in [0.1, 0.15) is 0 Å². The summed E-state index contributed by atoms with van der Waals surface area (Å²) in [5.41, 5.74) is 0. The normalized spacial score (nSPS) is 16.5. The lowest BCUT2D eigenvalue weighted by molar-refractivity contribution is -0.884. The van der Waals surface area contributed by atoms with Gasteiger partial charge in [0.2, 0.25) is 0 Å². The number of allylic oxidation sites excluding steroid dienone is 1. The molecule has 0 aliphatic rings. The monoisotopic (exact) mass is 596 g/mol. The van der Waals surface area contributed by atoms with Crippen molar-refractivity contribution in [1.29, 1.82) is 0 Å². The molecule has 216 valence electrons. The van der Waals surface area contributed by atoms with E-state index in [1.807, 2.05) is 0 Å². The van der Waals surface area contributed by atoms with Crippen LogP contribution in [-0.2, 0) is 14.6 Å². The van der Waals surface area contributed by atoms with E-state index in [0.717, 1.165) is 14.1 Å². The van der Waals surface area contributed by atoms with Crippen LogP contribution in [0, 0.1) is 0 Å². The molecule has 0 saturated heterocycles. The highest BCUT2D eigenvalue weighted by molar-refractivity contribution is 7.80. The van der Waals surface area contributed by atoms with Gasteiger partial charge >= 0.3 is 52.1 Å². The first-order chi connectivity index (χ1) is 15.3. The first kappa shape index (κ1) is 34.5. The Morgan fingerprint density at radius 3 is 1.47 bits per heavy atom. The number of quaternary nitrogens is 1. The van der Waals surface area contributed by atoms with Crippen molar-refractivity contribution < 1.29 is 91.9 Å². The van der Waals surface area contributed by atoms with Gasteiger partial charge in [-0.1, -0.05) is 0 Å². The smallest absolute Gasteiger partial charge is 0.323 e. The summed E-state index contributed by atoms with van der Waals surface area (Å²) in [6.07, 6.45) is -8.44. The fourth-order valence-electron chi connectivity index (χ4n) is 2.05. The van der Waals surface area contributed by atoms with Crippen molar-refractivity contribution in [3.63, 3.8) is 0 Å². The maximum absolute atomic E-state index is 13.7. The first-order valence-corrected chi connectivity index (χ1v) is 9.83. The third-order valence-electron chi connectivity index (χ3n) is 4.32. The molecule has 0 aliphatic carbocycles. The summed E-state index contributed by atoms with van der Waals surface area (Å²) in [6, 6.07) is 0. The molecule has 5 nitrogen and oxygen atoms in total. The Balaban J connectivity index is 6.25. The van der Waals surface area contributed by atoms with Gasteiger partial charge in [-0.05, 0) is 0 Å². The van der Waals surface area contributed by atoms with Gasteiger partial charge in [0.05, 0.1) is 14.1 Å². The maximum atomic E-state index is 13.7. The third kappa shape index (κ3) is 6.11. The summed E-state index contributed by atoms with van der Waals surface area (Å²) in [7, 11) is -3.27. The average molecular weight is 596 g/mol. The van der Waals surface area contributed by atoms with Gasteiger partial charge in [0.15, 0.2) is 5.83 Å². The molecule has 0 atom stereocenters. The molecule has 0 unspecified atom stereocenters. The quantitative estimate of drug-likeness (QED) is 0.193. The van der Waals surface area contributed by atoms with Crippen molar-refractivity contribution in [2.75, 3.05) is 33.8 Å². The Hall–Kier alpha value is -1.55. The number of rotatable bonds is 12. The molecule has 22 heteroatoms. The van der Waals surface area contributed by atoms with E-state index in [-0.39, 0.29) is 0 Å². The zero-order chi connectivity index (χ0) is 29.6. The number of alkyl halides is 15. The van der Waals surface area contributed by atoms with Crippen LogP contribution >= 0.6 is 0 Å². The van der Waals surface area contributed by atoms with Crippen molar-refractivity contribution in [2.24, 2.45) is 0 Å². The molecule has 0 saturated carbocycles. The first-order valence-electron chi connectivity index (χ1n) is 8.47. The molecule has 0 aliphatic heterocycles. The zero-order valence-corrected chi connectivity index (χ0v) is 18.1. The van der Waals surface area contributed by atoms with E-state index < -0.39 is 88.2 Å². The second-order valence-electron chi connectivity index (χ2n) is 7.59. The van der Waals surface area contributed by atoms with E-state index in [1.165, 1.54) is 0 Å². The number of halogens is 16. The van der Waals surface area contributed by atoms with Crippen LogP contribution in [-0.4, -0.2) is 93.0 Å². The van der Waals surface area contributed by atoms with E-state index in [1.54, 1.807) is 0 Å². The van der Waals surface area contributed by atoms with E-state index >= 15 is 0 Å². The molecule has 0 spiro atoms. The highest BCUT2D eigenvalue weighted by Crippen LogP contribution is 2.63. The predicted molar refractivity (Wildman–Crippen MR) is 84.3 cm³/mol. The molecule has 0 amide bonds. The fourth-order valence-corrected chi connectivity index (χ4v) is 2.34. The minimum Gasteiger partial charge on any atom is -0.323 e. The van der Waals surface area contributed by atoms with Crippen LogP contribution in [0.5, 0.6) is 0 Å². The van der Waals surface area contributed by atoms with Gasteiger partial charge in [0, 0.05) is 6.08 Å². The number of hydrogen-bond donors (Lipinski definition) is 1. The Morgan fingerprint density at radius 2 is 1.11 bits per heavy atom. The minimum absolute atomic E-state index is 0.682. The highest BCUT2D eigenvalue weighted by Gasteiger charge is 2.93. The summed E-state index contributed by atoms with van der Waals surface area (Å²) in [5, 5.41) is 0. The van der Waals surface area contributed by atoms with Gasteiger partial charge in [-0.15, -0.1) is 0 Å². The van der Waals surface area contributed by atoms with Crippen molar-refractivity contribution in [3.8, 4) is 0 Å². The van der Waals surface area contributed by atoms with Crippen molar-refractivity contribution in [2.45, 2.75) is 41.7 Å². The second kappa shape index (κ2) is 9.64. The topological polar surface area (TPSA) is 63.6 Å². The van der Waals surface area contributed by atoms with E-state index in [2.05, 4.69) is 4.18 Å². The molecule has 0 rings (SSSR count). The Bertz CT molecular complexity index is 926. The van der Waals surface area contributed by atoms with Gasteiger partial charge in [0.1, 0.15) is 19.7 Å². The third-order valence-corrected chi connectivity index (χ3v) is 4.79. The van der Waals surface area contributed by atoms with Crippen LogP contribution in [0.2, 0.25) is 0 Å². The number of hydrogen-bond acceptors (Lipinski definition) is 3. The van der Waals surface area contributed by atoms with Crippen molar-refractivity contribution >= 4 is 10.4 Å². The summed E-state index contributed by atoms with van der Waals surface area (Å²) in [5.74, 6) is -52.5. The molecular formula is C14H14F16NO4S+. The molecule has 0 fully saturated rings. The Labute approximate surface area is 190 Å². The summed E-state index contributed by atoms with van der Waals surface area (Å²) >= 11 is 0. The molecular weight excluding hydrogens is 582 g/mol. The van der Waals surface area contributed by atoms with Gasteiger partial charge in [-0.3, -0.25) is 4.55 Å². The fraction of sp³-hybridized carbons (Fsp3) is 0.857. The lowest BCUT2D eigenvalue weighted by Crippen LogP contribution is -2.72.